The maximum absolute atomic E-state index is 12.5. The van der Waals surface area contributed by atoms with Gasteiger partial charge in [-0.1, -0.05) is 12.1 Å². The van der Waals surface area contributed by atoms with Crippen molar-refractivity contribution in [2.45, 2.75) is 32.9 Å². The first-order valence-corrected chi connectivity index (χ1v) is 7.60. The molecule has 0 aromatic heterocycles. The molecule has 2 N–H and O–H groups in total. The Labute approximate surface area is 144 Å². The predicted octanol–water partition coefficient (Wildman–Crippen LogP) is 1.84. The topological polar surface area (TPSA) is 122 Å². The summed E-state index contributed by atoms with van der Waals surface area (Å²) in [6, 6.07) is 3.97. The second-order valence-electron chi connectivity index (χ2n) is 5.79. The van der Waals surface area contributed by atoms with Gasteiger partial charge in [-0.2, -0.15) is 0 Å². The number of esters is 1. The lowest BCUT2D eigenvalue weighted by molar-refractivity contribution is -0.384. The third kappa shape index (κ3) is 3.77. The summed E-state index contributed by atoms with van der Waals surface area (Å²) in [5.74, 6) is -0.664. The number of urea groups is 1. The average molecular weight is 349 g/mol. The van der Waals surface area contributed by atoms with Gasteiger partial charge in [0, 0.05) is 17.8 Å². The molecule has 0 bridgehead atoms. The van der Waals surface area contributed by atoms with E-state index in [2.05, 4.69) is 5.32 Å². The number of hydrogen-bond donors (Lipinski definition) is 2. The monoisotopic (exact) mass is 349 g/mol. The number of carbonyl (C=O) groups excluding carboxylic acids is 2. The summed E-state index contributed by atoms with van der Waals surface area (Å²) in [6.07, 6.45) is -0.390. The highest BCUT2D eigenvalue weighted by molar-refractivity contribution is 5.95. The molecule has 0 saturated heterocycles. The first-order chi connectivity index (χ1) is 11.8. The summed E-state index contributed by atoms with van der Waals surface area (Å²) in [4.78, 5) is 36.1. The Morgan fingerprint density at radius 3 is 2.72 bits per heavy atom. The van der Waals surface area contributed by atoms with Gasteiger partial charge in [0.1, 0.15) is 6.73 Å². The van der Waals surface area contributed by atoms with Crippen LogP contribution in [0.3, 0.4) is 0 Å². The molecule has 1 heterocycles. The smallest absolute Gasteiger partial charge is 0.338 e. The number of carbonyl (C=O) groups is 2. The SMILES string of the molecule is CC1=C(C(=O)OC(C)C)C(c2cccc([N+](=O)[O-])c2)N(CO)C(=O)N1. The number of nitro groups is 1. The highest BCUT2D eigenvalue weighted by Crippen LogP contribution is 2.35. The minimum Gasteiger partial charge on any atom is -0.459 e. The molecule has 9 nitrogen and oxygen atoms in total. The van der Waals surface area contributed by atoms with Crippen molar-refractivity contribution in [3.63, 3.8) is 0 Å². The Kier molecular flexibility index (Phi) is 5.38. The van der Waals surface area contributed by atoms with Crippen molar-refractivity contribution >= 4 is 17.7 Å². The Balaban J connectivity index is 2.59. The predicted molar refractivity (Wildman–Crippen MR) is 87.2 cm³/mol. The first-order valence-electron chi connectivity index (χ1n) is 7.60. The molecule has 2 amide bonds. The summed E-state index contributed by atoms with van der Waals surface area (Å²) in [6.45, 7) is 4.22. The van der Waals surface area contributed by atoms with Gasteiger partial charge in [-0.25, -0.2) is 9.59 Å². The van der Waals surface area contributed by atoms with Crippen LogP contribution in [0, 0.1) is 10.1 Å². The fourth-order valence-corrected chi connectivity index (χ4v) is 2.62. The zero-order valence-corrected chi connectivity index (χ0v) is 14.1. The third-order valence-corrected chi connectivity index (χ3v) is 3.66. The van der Waals surface area contributed by atoms with E-state index in [4.69, 9.17) is 4.74 Å². The minimum atomic E-state index is -0.995. The number of non-ortho nitro benzene ring substituents is 1. The van der Waals surface area contributed by atoms with E-state index in [1.807, 2.05) is 0 Å². The highest BCUT2D eigenvalue weighted by Gasteiger charge is 2.38. The summed E-state index contributed by atoms with van der Waals surface area (Å²) < 4.78 is 5.23. The van der Waals surface area contributed by atoms with E-state index in [1.54, 1.807) is 19.9 Å². The number of ether oxygens (including phenoxy) is 1. The van der Waals surface area contributed by atoms with Gasteiger partial charge < -0.3 is 15.2 Å². The van der Waals surface area contributed by atoms with Crippen molar-refractivity contribution in [2.75, 3.05) is 6.73 Å². The first kappa shape index (κ1) is 18.4. The van der Waals surface area contributed by atoms with Crippen molar-refractivity contribution in [1.82, 2.24) is 10.2 Å². The fraction of sp³-hybridized carbons (Fsp3) is 0.375. The van der Waals surface area contributed by atoms with Crippen LogP contribution in [0.2, 0.25) is 0 Å². The van der Waals surface area contributed by atoms with Crippen LogP contribution in [0.1, 0.15) is 32.4 Å². The van der Waals surface area contributed by atoms with Crippen molar-refractivity contribution < 1.29 is 24.4 Å². The van der Waals surface area contributed by atoms with Gasteiger partial charge in [-0.3, -0.25) is 15.0 Å². The molecular weight excluding hydrogens is 330 g/mol. The van der Waals surface area contributed by atoms with E-state index in [9.17, 15) is 24.8 Å². The van der Waals surface area contributed by atoms with Crippen LogP contribution < -0.4 is 5.32 Å². The largest absolute Gasteiger partial charge is 0.459 e. The number of rotatable bonds is 5. The van der Waals surface area contributed by atoms with Crippen LogP contribution in [0.15, 0.2) is 35.5 Å². The number of hydrogen-bond acceptors (Lipinski definition) is 6. The Morgan fingerprint density at radius 1 is 1.48 bits per heavy atom. The van der Waals surface area contributed by atoms with E-state index < -0.39 is 35.8 Å². The number of nitrogens with one attached hydrogen (secondary N) is 1. The van der Waals surface area contributed by atoms with E-state index in [0.717, 1.165) is 4.90 Å². The molecule has 9 heteroatoms. The zero-order valence-electron chi connectivity index (χ0n) is 14.1. The van der Waals surface area contributed by atoms with E-state index in [-0.39, 0.29) is 17.0 Å². The fourth-order valence-electron chi connectivity index (χ4n) is 2.62. The second-order valence-corrected chi connectivity index (χ2v) is 5.79. The molecule has 1 aliphatic heterocycles. The molecular formula is C16H19N3O6. The van der Waals surface area contributed by atoms with Crippen LogP contribution in [0.5, 0.6) is 0 Å². The molecule has 1 unspecified atom stereocenters. The van der Waals surface area contributed by atoms with Crippen molar-refractivity contribution in [3.8, 4) is 0 Å². The minimum absolute atomic E-state index is 0.114. The van der Waals surface area contributed by atoms with Gasteiger partial charge in [0.05, 0.1) is 22.6 Å². The molecule has 1 aromatic rings. The number of allylic oxidation sites excluding steroid dienone is 1. The molecule has 0 saturated carbocycles. The van der Waals surface area contributed by atoms with Crippen molar-refractivity contribution in [3.05, 3.63) is 51.2 Å². The maximum atomic E-state index is 12.5. The van der Waals surface area contributed by atoms with Gasteiger partial charge in [0.25, 0.3) is 5.69 Å². The van der Waals surface area contributed by atoms with Crippen LogP contribution >= 0.6 is 0 Å². The van der Waals surface area contributed by atoms with Crippen LogP contribution in [0.25, 0.3) is 0 Å². The summed E-state index contributed by atoms with van der Waals surface area (Å²) in [7, 11) is 0. The number of aliphatic hydroxyl groups excluding tert-OH is 1. The Morgan fingerprint density at radius 2 is 2.16 bits per heavy atom. The molecule has 1 aromatic carbocycles. The highest BCUT2D eigenvalue weighted by atomic mass is 16.6. The lowest BCUT2D eigenvalue weighted by Gasteiger charge is -2.36. The van der Waals surface area contributed by atoms with E-state index in [0.29, 0.717) is 5.56 Å². The van der Waals surface area contributed by atoms with Crippen LogP contribution in [0.4, 0.5) is 10.5 Å². The van der Waals surface area contributed by atoms with Gasteiger partial charge in [-0.05, 0) is 26.3 Å². The van der Waals surface area contributed by atoms with E-state index >= 15 is 0 Å². The molecule has 0 radical (unpaired) electrons. The molecule has 0 spiro atoms. The Bertz CT molecular complexity index is 743. The zero-order chi connectivity index (χ0) is 18.7. The summed E-state index contributed by atoms with van der Waals surface area (Å²) >= 11 is 0. The molecule has 25 heavy (non-hydrogen) atoms. The second kappa shape index (κ2) is 7.31. The number of nitrogens with zero attached hydrogens (tertiary/aromatic N) is 2. The standard InChI is InChI=1S/C16H19N3O6/c1-9(2)25-15(21)13-10(3)17-16(22)18(8-20)14(13)11-5-4-6-12(7-11)19(23)24/h4-7,9,14,20H,8H2,1-3H3,(H,17,22). The van der Waals surface area contributed by atoms with Gasteiger partial charge in [0.2, 0.25) is 0 Å². The van der Waals surface area contributed by atoms with Crippen LogP contribution in [-0.2, 0) is 9.53 Å². The number of nitro benzene ring substituents is 1. The maximum Gasteiger partial charge on any atom is 0.338 e. The lowest BCUT2D eigenvalue weighted by Crippen LogP contribution is -2.49. The molecule has 0 aliphatic carbocycles. The van der Waals surface area contributed by atoms with Crippen LogP contribution in [-0.4, -0.2) is 39.8 Å². The molecule has 2 rings (SSSR count). The number of aliphatic hydroxyl groups is 1. The Hall–Kier alpha value is -2.94. The summed E-state index contributed by atoms with van der Waals surface area (Å²) in [5.41, 5.74) is 0.531. The number of benzene rings is 1. The third-order valence-electron chi connectivity index (χ3n) is 3.66. The average Bonchev–Trinajstić information content (AvgIpc) is 2.53. The van der Waals surface area contributed by atoms with Crippen molar-refractivity contribution in [2.24, 2.45) is 0 Å². The lowest BCUT2D eigenvalue weighted by atomic mass is 9.94. The normalized spacial score (nSPS) is 17.6. The quantitative estimate of drug-likeness (QED) is 0.475. The van der Waals surface area contributed by atoms with Gasteiger partial charge >= 0.3 is 12.0 Å². The molecule has 0 fully saturated rings. The van der Waals surface area contributed by atoms with Gasteiger partial charge in [-0.15, -0.1) is 0 Å². The summed E-state index contributed by atoms with van der Waals surface area (Å²) in [5, 5.41) is 23.1. The van der Waals surface area contributed by atoms with E-state index in [1.165, 1.54) is 25.1 Å². The van der Waals surface area contributed by atoms with Crippen molar-refractivity contribution in [1.29, 1.82) is 0 Å². The number of amides is 2. The molecule has 1 atom stereocenters. The van der Waals surface area contributed by atoms with Gasteiger partial charge in [0.15, 0.2) is 0 Å². The molecule has 1 aliphatic rings. The molecule has 134 valence electrons.